The molecule has 2 aliphatic heterocycles. The van der Waals surface area contributed by atoms with Gasteiger partial charge in [0.25, 0.3) is 0 Å². The van der Waals surface area contributed by atoms with Crippen molar-refractivity contribution in [2.75, 3.05) is 29.9 Å². The molecule has 0 saturated carbocycles. The van der Waals surface area contributed by atoms with Gasteiger partial charge in [-0.1, -0.05) is 0 Å². The maximum Gasteiger partial charge on any atom is -0.000225 e. The number of amides is 1. The molecule has 0 spiro atoms. The Hall–Kier alpha value is -2.71. The molecule has 7 nitrogen and oxygen atoms in total. The van der Waals surface area contributed by atoms with Crippen molar-refractivity contribution in [1.82, 2.24) is 25.0 Å². The van der Waals surface area contributed by atoms with Crippen molar-refractivity contribution in [1.29, 1.82) is 0 Å². The first-order valence-corrected chi connectivity index (χ1v) is 17.9. The molecule has 1 atom stereocenters. The first kappa shape index (κ1) is 27.5. The van der Waals surface area contributed by atoms with Gasteiger partial charge < -0.3 is 4.90 Å². The van der Waals surface area contributed by atoms with Gasteiger partial charge in [0, 0.05) is 0 Å². The molecule has 0 radical (unpaired) electrons. The molecule has 0 aliphatic carbocycles. The SMILES string of the molecule is CN1CCC(Nc2cccc3c2cc(-c2nnc(CNC(=O)I4CC4c4ccccc4)s2)n3CC(F)(F)F)CC1. The predicted octanol–water partition coefficient (Wildman–Crippen LogP) is 6.70. The van der Waals surface area contributed by atoms with Crippen LogP contribution in [0.4, 0.5) is 23.7 Å². The number of hydrogen-bond donors (Lipinski definition) is 2. The zero-order chi connectivity index (χ0) is 27.9. The topological polar surface area (TPSA) is 75.1 Å². The predicted molar refractivity (Wildman–Crippen MR) is 161 cm³/mol. The quantitative estimate of drug-likeness (QED) is 0.0938. The smallest absolute Gasteiger partial charge is 0.000225 e. The number of likely N-dealkylation sites (tertiary alicyclic amines) is 1. The summed E-state index contributed by atoms with van der Waals surface area (Å²) >= 11 is -0.531. The van der Waals surface area contributed by atoms with Crippen LogP contribution in [0.3, 0.4) is 0 Å². The van der Waals surface area contributed by atoms with Crippen molar-refractivity contribution in [3.63, 3.8) is 0 Å². The van der Waals surface area contributed by atoms with Crippen LogP contribution in [0.2, 0.25) is 0 Å². The van der Waals surface area contributed by atoms with Gasteiger partial charge in [0.1, 0.15) is 0 Å². The molecule has 2 aliphatic rings. The number of halogens is 4. The minimum atomic E-state index is -4.40. The zero-order valence-electron chi connectivity index (χ0n) is 21.9. The number of nitrogens with zero attached hydrogens (tertiary/aromatic N) is 4. The molecule has 4 heterocycles. The molecular formula is C28H30F3IN6OS. The molecule has 6 rings (SSSR count). The van der Waals surface area contributed by atoms with E-state index in [-0.39, 0.29) is 16.5 Å². The van der Waals surface area contributed by atoms with Crippen LogP contribution in [0.25, 0.3) is 21.6 Å². The normalized spacial score (nSPS) is 19.2. The van der Waals surface area contributed by atoms with Crippen molar-refractivity contribution in [2.45, 2.75) is 42.1 Å². The summed E-state index contributed by atoms with van der Waals surface area (Å²) in [6.45, 7) is 1.07. The number of benzene rings is 2. The third-order valence-corrected chi connectivity index (χ3v) is 13.6. The van der Waals surface area contributed by atoms with Gasteiger partial charge in [-0.15, -0.1) is 0 Å². The van der Waals surface area contributed by atoms with Crippen LogP contribution in [0.1, 0.15) is 27.3 Å². The second kappa shape index (κ2) is 11.3. The number of fused-ring (bicyclic) bond motifs is 1. The largest absolute Gasteiger partial charge is 0.0200 e. The van der Waals surface area contributed by atoms with Crippen LogP contribution in [-0.2, 0) is 13.1 Å². The number of piperidine rings is 1. The van der Waals surface area contributed by atoms with Crippen LogP contribution in [-0.4, -0.2) is 60.4 Å². The fourth-order valence-corrected chi connectivity index (χ4v) is 11.3. The summed E-state index contributed by atoms with van der Waals surface area (Å²) in [5.41, 5.74) is 2.93. The van der Waals surface area contributed by atoms with E-state index in [4.69, 9.17) is 0 Å². The molecule has 2 aromatic heterocycles. The van der Waals surface area contributed by atoms with Gasteiger partial charge >= 0.3 is 205 Å². The summed E-state index contributed by atoms with van der Waals surface area (Å²) in [5, 5.41) is 16.7. The average molecular weight is 683 g/mol. The number of rotatable bonds is 8. The number of alkyl halides is 5. The Morgan fingerprint density at radius 2 is 1.88 bits per heavy atom. The van der Waals surface area contributed by atoms with E-state index in [9.17, 15) is 18.0 Å². The molecule has 40 heavy (non-hydrogen) atoms. The maximum atomic E-state index is 13.7. The van der Waals surface area contributed by atoms with Gasteiger partial charge in [-0.3, -0.25) is 0 Å². The molecule has 2 fully saturated rings. The number of anilines is 1. The molecule has 2 N–H and O–H groups in total. The van der Waals surface area contributed by atoms with Crippen LogP contribution < -0.4 is 10.6 Å². The Morgan fingerprint density at radius 3 is 2.62 bits per heavy atom. The standard InChI is InChI=1S/C28H30F3IN6OS/c1-37-12-10-19(11-13-37)34-22-8-5-9-23-20(22)14-24(38(23)17-28(29,30)31)26-36-35-25(40-26)16-33-27(39)32-15-21(32)18-6-3-2-4-7-18/h2-9,14,19,21,34H,10-13,15-17H2,1H3,(H,33,39). The van der Waals surface area contributed by atoms with E-state index in [1.54, 1.807) is 18.2 Å². The molecule has 212 valence electrons. The van der Waals surface area contributed by atoms with Crippen molar-refractivity contribution in [3.05, 3.63) is 65.2 Å². The van der Waals surface area contributed by atoms with E-state index in [1.807, 2.05) is 24.3 Å². The van der Waals surface area contributed by atoms with Crippen molar-refractivity contribution >= 4 is 51.7 Å². The Labute approximate surface area is 241 Å². The van der Waals surface area contributed by atoms with Crippen molar-refractivity contribution in [2.24, 2.45) is 0 Å². The summed E-state index contributed by atoms with van der Waals surface area (Å²) in [6, 6.07) is 17.6. The van der Waals surface area contributed by atoms with E-state index in [1.165, 1.54) is 21.5 Å². The number of carbonyl (C=O) groups excluding carboxylic acids is 1. The minimum Gasteiger partial charge on any atom is -0.0200 e. The van der Waals surface area contributed by atoms with E-state index in [0.717, 1.165) is 41.4 Å². The second-order valence-corrected chi connectivity index (χ2v) is 16.9. The van der Waals surface area contributed by atoms with Gasteiger partial charge in [0.2, 0.25) is 0 Å². The van der Waals surface area contributed by atoms with E-state index in [0.29, 0.717) is 25.2 Å². The molecule has 2 saturated heterocycles. The molecule has 4 aromatic rings. The first-order valence-electron chi connectivity index (χ1n) is 13.2. The third kappa shape index (κ3) is 6.13. The van der Waals surface area contributed by atoms with Crippen molar-refractivity contribution in [3.8, 4) is 10.7 Å². The monoisotopic (exact) mass is 682 g/mol. The fourth-order valence-electron chi connectivity index (χ4n) is 5.17. The number of carbonyl (C=O) groups is 1. The molecule has 1 unspecified atom stereocenters. The second-order valence-electron chi connectivity index (χ2n) is 10.2. The number of hydrogen-bond acceptors (Lipinski definition) is 6. The van der Waals surface area contributed by atoms with Crippen LogP contribution in [0.15, 0.2) is 54.6 Å². The Bertz CT molecular complexity index is 1500. The van der Waals surface area contributed by atoms with E-state index >= 15 is 0 Å². The molecule has 0 bridgehead atoms. The van der Waals surface area contributed by atoms with Gasteiger partial charge in [-0.2, -0.15) is 0 Å². The summed E-state index contributed by atoms with van der Waals surface area (Å²) in [6.07, 6.45) is -2.44. The summed E-state index contributed by atoms with van der Waals surface area (Å²) in [4.78, 5) is 15.0. The average Bonchev–Trinajstić information content (AvgIpc) is 3.47. The number of nitrogens with one attached hydrogen (secondary N) is 2. The van der Waals surface area contributed by atoms with Crippen LogP contribution in [0, 0.1) is 0 Å². The van der Waals surface area contributed by atoms with Gasteiger partial charge in [-0.25, -0.2) is 0 Å². The first-order chi connectivity index (χ1) is 19.2. The van der Waals surface area contributed by atoms with Crippen LogP contribution in [0.5, 0.6) is 0 Å². The molecule has 12 heteroatoms. The van der Waals surface area contributed by atoms with Crippen molar-refractivity contribution < 1.29 is 18.0 Å². The fraction of sp³-hybridized carbons (Fsp3) is 0.393. The molecule has 1 amide bonds. The van der Waals surface area contributed by atoms with Gasteiger partial charge in [-0.05, 0) is 33.0 Å². The van der Waals surface area contributed by atoms with E-state index < -0.39 is 32.5 Å². The Kier molecular flexibility index (Phi) is 7.75. The zero-order valence-corrected chi connectivity index (χ0v) is 24.9. The molecule has 2 aromatic carbocycles. The summed E-state index contributed by atoms with van der Waals surface area (Å²) in [5.74, 6) is 0. The van der Waals surface area contributed by atoms with Crippen LogP contribution >= 0.6 is 31.2 Å². The third-order valence-electron chi connectivity index (χ3n) is 7.33. The molecular weight excluding hydrogens is 652 g/mol. The maximum absolute atomic E-state index is 13.7. The summed E-state index contributed by atoms with van der Waals surface area (Å²) < 4.78 is 43.8. The Morgan fingerprint density at radius 1 is 1.10 bits per heavy atom. The van der Waals surface area contributed by atoms with Gasteiger partial charge in [0.15, 0.2) is 0 Å². The Balaban J connectivity index is 1.21. The van der Waals surface area contributed by atoms with E-state index in [2.05, 4.69) is 44.9 Å². The summed E-state index contributed by atoms with van der Waals surface area (Å²) in [7, 11) is 2.10. The minimum absolute atomic E-state index is 0.116. The van der Waals surface area contributed by atoms with Gasteiger partial charge in [0.05, 0.1) is 0 Å². The number of aromatic nitrogens is 3.